The van der Waals surface area contributed by atoms with Gasteiger partial charge in [0.1, 0.15) is 5.82 Å². The molecule has 0 radical (unpaired) electrons. The third-order valence-corrected chi connectivity index (χ3v) is 4.33. The Balaban J connectivity index is 1.89. The van der Waals surface area contributed by atoms with Crippen LogP contribution in [-0.2, 0) is 0 Å². The molecule has 112 valence electrons. The van der Waals surface area contributed by atoms with Gasteiger partial charge in [-0.15, -0.1) is 0 Å². The smallest absolute Gasteiger partial charge is 0.165 e. The first-order chi connectivity index (χ1) is 11.2. The highest BCUT2D eigenvalue weighted by Crippen LogP contribution is 2.30. The summed E-state index contributed by atoms with van der Waals surface area (Å²) in [5, 5.41) is 4.42. The van der Waals surface area contributed by atoms with Crippen molar-refractivity contribution in [3.8, 4) is 22.3 Å². The number of benzene rings is 2. The number of anilines is 1. The van der Waals surface area contributed by atoms with Gasteiger partial charge in [-0.05, 0) is 23.3 Å². The molecule has 0 aliphatic heterocycles. The van der Waals surface area contributed by atoms with E-state index in [1.54, 1.807) is 10.7 Å². The number of hydrogen-bond donors (Lipinski definition) is 1. The van der Waals surface area contributed by atoms with Gasteiger partial charge in [-0.3, -0.25) is 0 Å². The Morgan fingerprint density at radius 1 is 0.826 bits per heavy atom. The second-order valence-electron chi connectivity index (χ2n) is 5.22. The van der Waals surface area contributed by atoms with E-state index in [-0.39, 0.29) is 0 Å². The zero-order chi connectivity index (χ0) is 15.8. The quantitative estimate of drug-likeness (QED) is 0.573. The summed E-state index contributed by atoms with van der Waals surface area (Å²) in [7, 11) is 0. The van der Waals surface area contributed by atoms with Gasteiger partial charge in [0.15, 0.2) is 5.65 Å². The van der Waals surface area contributed by atoms with Gasteiger partial charge in [-0.25, -0.2) is 4.98 Å². The summed E-state index contributed by atoms with van der Waals surface area (Å²) in [5.74, 6) is 0.583. The molecule has 2 heterocycles. The van der Waals surface area contributed by atoms with Gasteiger partial charge in [0.05, 0.1) is 6.20 Å². The largest absolute Gasteiger partial charge is 0.383 e. The lowest BCUT2D eigenvalue weighted by molar-refractivity contribution is 0.954. The number of rotatable bonds is 2. The number of fused-ring (bicyclic) bond motifs is 1. The molecule has 0 amide bonds. The Morgan fingerprint density at radius 3 is 2.26 bits per heavy atom. The van der Waals surface area contributed by atoms with E-state index >= 15 is 0 Å². The zero-order valence-corrected chi connectivity index (χ0v) is 13.7. The Kier molecular flexibility index (Phi) is 3.35. The average molecular weight is 365 g/mol. The molecule has 0 atom stereocenters. The van der Waals surface area contributed by atoms with Crippen molar-refractivity contribution in [3.05, 3.63) is 71.5 Å². The van der Waals surface area contributed by atoms with Crippen LogP contribution in [0.15, 0.2) is 71.5 Å². The van der Waals surface area contributed by atoms with Crippen molar-refractivity contribution in [2.24, 2.45) is 0 Å². The fourth-order valence-electron chi connectivity index (χ4n) is 2.62. The van der Waals surface area contributed by atoms with Crippen LogP contribution in [0.1, 0.15) is 0 Å². The van der Waals surface area contributed by atoms with Crippen molar-refractivity contribution in [2.75, 3.05) is 5.73 Å². The summed E-state index contributed by atoms with van der Waals surface area (Å²) >= 11 is 3.44. The maximum atomic E-state index is 6.33. The van der Waals surface area contributed by atoms with Crippen molar-refractivity contribution >= 4 is 27.4 Å². The Hall–Kier alpha value is -2.66. The maximum absolute atomic E-state index is 6.33. The topological polar surface area (TPSA) is 56.2 Å². The number of hydrogen-bond acceptors (Lipinski definition) is 3. The van der Waals surface area contributed by atoms with E-state index in [0.717, 1.165) is 32.4 Å². The van der Waals surface area contributed by atoms with Gasteiger partial charge in [0.25, 0.3) is 0 Å². The summed E-state index contributed by atoms with van der Waals surface area (Å²) in [6.07, 6.45) is 3.61. The van der Waals surface area contributed by atoms with Crippen LogP contribution in [0.5, 0.6) is 0 Å². The first kappa shape index (κ1) is 14.0. The Morgan fingerprint density at radius 2 is 1.52 bits per heavy atom. The van der Waals surface area contributed by atoms with Crippen LogP contribution < -0.4 is 5.73 Å². The molecule has 0 aliphatic carbocycles. The molecule has 0 saturated carbocycles. The third kappa shape index (κ3) is 2.39. The van der Waals surface area contributed by atoms with Crippen molar-refractivity contribution in [1.29, 1.82) is 0 Å². The molecule has 0 aliphatic rings. The van der Waals surface area contributed by atoms with Gasteiger partial charge in [0.2, 0.25) is 0 Å². The van der Waals surface area contributed by atoms with Crippen LogP contribution in [0.2, 0.25) is 0 Å². The van der Waals surface area contributed by atoms with Gasteiger partial charge < -0.3 is 5.73 Å². The Labute approximate surface area is 141 Å². The van der Waals surface area contributed by atoms with Crippen LogP contribution in [0.25, 0.3) is 27.9 Å². The van der Waals surface area contributed by atoms with Crippen LogP contribution in [0.3, 0.4) is 0 Å². The summed E-state index contributed by atoms with van der Waals surface area (Å²) in [5.41, 5.74) is 11.0. The minimum absolute atomic E-state index is 0.583. The second-order valence-corrected chi connectivity index (χ2v) is 6.14. The molecular weight excluding hydrogens is 352 g/mol. The predicted molar refractivity (Wildman–Crippen MR) is 96.0 cm³/mol. The molecule has 0 unspecified atom stereocenters. The van der Waals surface area contributed by atoms with E-state index in [1.807, 2.05) is 60.8 Å². The molecule has 23 heavy (non-hydrogen) atoms. The molecule has 4 rings (SSSR count). The molecule has 2 aromatic carbocycles. The van der Waals surface area contributed by atoms with E-state index < -0.39 is 0 Å². The minimum atomic E-state index is 0.583. The lowest BCUT2D eigenvalue weighted by Crippen LogP contribution is -2.02. The van der Waals surface area contributed by atoms with E-state index in [1.165, 1.54) is 0 Å². The molecular formula is C18H13BrN4. The number of nitrogens with zero attached hydrogens (tertiary/aromatic N) is 3. The first-order valence-corrected chi connectivity index (χ1v) is 7.97. The maximum Gasteiger partial charge on any atom is 0.165 e. The van der Waals surface area contributed by atoms with Crippen molar-refractivity contribution in [2.45, 2.75) is 0 Å². The lowest BCUT2D eigenvalue weighted by atomic mass is 10.1. The monoisotopic (exact) mass is 364 g/mol. The molecule has 2 N–H and O–H groups in total. The third-order valence-electron chi connectivity index (χ3n) is 3.80. The van der Waals surface area contributed by atoms with Gasteiger partial charge >= 0.3 is 0 Å². The highest BCUT2D eigenvalue weighted by molar-refractivity contribution is 9.10. The fourth-order valence-corrected chi connectivity index (χ4v) is 2.89. The average Bonchev–Trinajstić information content (AvgIpc) is 3.02. The van der Waals surface area contributed by atoms with Crippen LogP contribution in [0, 0.1) is 0 Å². The van der Waals surface area contributed by atoms with Crippen molar-refractivity contribution in [3.63, 3.8) is 0 Å². The van der Waals surface area contributed by atoms with Gasteiger partial charge in [0, 0.05) is 21.8 Å². The zero-order valence-electron chi connectivity index (χ0n) is 12.1. The summed E-state index contributed by atoms with van der Waals surface area (Å²) in [6, 6.07) is 18.0. The standard InChI is InChI=1S/C18H13BrN4/c19-14-8-6-13(7-9-14)15-10-21-18-16(11-22-23(18)17(15)20)12-4-2-1-3-5-12/h1-11H,20H2. The number of halogens is 1. The van der Waals surface area contributed by atoms with E-state index in [0.29, 0.717) is 5.82 Å². The van der Waals surface area contributed by atoms with Crippen LogP contribution in [-0.4, -0.2) is 14.6 Å². The van der Waals surface area contributed by atoms with Crippen LogP contribution in [0.4, 0.5) is 5.82 Å². The highest BCUT2D eigenvalue weighted by Gasteiger charge is 2.13. The molecule has 0 spiro atoms. The van der Waals surface area contributed by atoms with E-state index in [9.17, 15) is 0 Å². The van der Waals surface area contributed by atoms with Crippen molar-refractivity contribution < 1.29 is 0 Å². The van der Waals surface area contributed by atoms with Gasteiger partial charge in [-0.2, -0.15) is 9.61 Å². The molecule has 0 bridgehead atoms. The second kappa shape index (κ2) is 5.52. The number of nitrogen functional groups attached to an aromatic ring is 1. The first-order valence-electron chi connectivity index (χ1n) is 7.17. The number of aromatic nitrogens is 3. The molecule has 2 aromatic heterocycles. The highest BCUT2D eigenvalue weighted by atomic mass is 79.9. The molecule has 4 aromatic rings. The van der Waals surface area contributed by atoms with Crippen molar-refractivity contribution in [1.82, 2.24) is 14.6 Å². The summed E-state index contributed by atoms with van der Waals surface area (Å²) < 4.78 is 2.72. The SMILES string of the molecule is Nc1c(-c2ccc(Br)cc2)cnc2c(-c3ccccc3)cnn12. The number of nitrogens with two attached hydrogens (primary N) is 1. The fraction of sp³-hybridized carbons (Fsp3) is 0. The minimum Gasteiger partial charge on any atom is -0.383 e. The molecule has 5 heteroatoms. The van der Waals surface area contributed by atoms with E-state index in [4.69, 9.17) is 5.73 Å². The lowest BCUT2D eigenvalue weighted by Gasteiger charge is -2.08. The Bertz CT molecular complexity index is 975. The normalized spacial score (nSPS) is 11.0. The summed E-state index contributed by atoms with van der Waals surface area (Å²) in [6.45, 7) is 0. The van der Waals surface area contributed by atoms with E-state index in [2.05, 4.69) is 26.0 Å². The van der Waals surface area contributed by atoms with Gasteiger partial charge in [-0.1, -0.05) is 58.4 Å². The van der Waals surface area contributed by atoms with Crippen LogP contribution >= 0.6 is 15.9 Å². The summed E-state index contributed by atoms with van der Waals surface area (Å²) in [4.78, 5) is 4.59. The molecule has 0 fully saturated rings. The molecule has 4 nitrogen and oxygen atoms in total. The molecule has 0 saturated heterocycles. The predicted octanol–water partition coefficient (Wildman–Crippen LogP) is 4.41.